The van der Waals surface area contributed by atoms with E-state index in [1.165, 1.54) is 6.92 Å². The third-order valence-corrected chi connectivity index (χ3v) is 3.31. The van der Waals surface area contributed by atoms with Crippen molar-refractivity contribution in [2.75, 3.05) is 6.54 Å². The van der Waals surface area contributed by atoms with E-state index in [0.717, 1.165) is 19.3 Å². The summed E-state index contributed by atoms with van der Waals surface area (Å²) in [6, 6.07) is 0. The third-order valence-electron chi connectivity index (χ3n) is 3.31. The smallest absolute Gasteiger partial charge is 0.303 e. The molecule has 3 heteroatoms. The number of aliphatic imine (C=N–C) groups is 1. The fraction of sp³-hybridized carbons (Fsp3) is 0.857. The van der Waals surface area contributed by atoms with Crippen LogP contribution in [0.5, 0.6) is 0 Å². The summed E-state index contributed by atoms with van der Waals surface area (Å²) >= 11 is 0. The first kappa shape index (κ1) is 16.1. The Kier molecular flexibility index (Phi) is 6.43. The minimum Gasteiger partial charge on any atom is -0.458 e. The summed E-state index contributed by atoms with van der Waals surface area (Å²) in [4.78, 5) is 15.2. The van der Waals surface area contributed by atoms with E-state index in [-0.39, 0.29) is 5.97 Å². The predicted molar refractivity (Wildman–Crippen MR) is 72.5 cm³/mol. The SMILES string of the molecule is CCC(C)(CC)C/C=N/CC(C)(C)OC(C)=O. The summed E-state index contributed by atoms with van der Waals surface area (Å²) in [5, 5.41) is 0. The van der Waals surface area contributed by atoms with E-state index < -0.39 is 5.60 Å². The number of esters is 1. The van der Waals surface area contributed by atoms with Crippen molar-refractivity contribution in [1.29, 1.82) is 0 Å². The van der Waals surface area contributed by atoms with E-state index in [0.29, 0.717) is 12.0 Å². The molecule has 17 heavy (non-hydrogen) atoms. The summed E-state index contributed by atoms with van der Waals surface area (Å²) < 4.78 is 5.17. The van der Waals surface area contributed by atoms with Crippen LogP contribution in [0, 0.1) is 5.41 Å². The van der Waals surface area contributed by atoms with E-state index in [9.17, 15) is 4.79 Å². The number of rotatable bonds is 7. The van der Waals surface area contributed by atoms with Crippen molar-refractivity contribution in [1.82, 2.24) is 0 Å². The number of carbonyl (C=O) groups excluding carboxylic acids is 1. The molecule has 0 heterocycles. The Balaban J connectivity index is 4.15. The van der Waals surface area contributed by atoms with Crippen LogP contribution in [0.15, 0.2) is 4.99 Å². The molecule has 0 atom stereocenters. The largest absolute Gasteiger partial charge is 0.458 e. The Hall–Kier alpha value is -0.860. The summed E-state index contributed by atoms with van der Waals surface area (Å²) in [5.74, 6) is -0.253. The van der Waals surface area contributed by atoms with Gasteiger partial charge in [-0.1, -0.05) is 33.6 Å². The molecule has 0 radical (unpaired) electrons. The van der Waals surface area contributed by atoms with Gasteiger partial charge in [0.15, 0.2) is 0 Å². The molecule has 0 unspecified atom stereocenters. The van der Waals surface area contributed by atoms with Gasteiger partial charge in [0.1, 0.15) is 5.60 Å². The highest BCUT2D eigenvalue weighted by molar-refractivity contribution is 5.66. The number of carbonyl (C=O) groups is 1. The first-order valence-electron chi connectivity index (χ1n) is 6.42. The second kappa shape index (κ2) is 6.77. The van der Waals surface area contributed by atoms with Crippen LogP contribution in [-0.4, -0.2) is 24.3 Å². The van der Waals surface area contributed by atoms with Crippen LogP contribution in [0.1, 0.15) is 60.8 Å². The molecule has 0 aromatic heterocycles. The van der Waals surface area contributed by atoms with Crippen LogP contribution in [0.4, 0.5) is 0 Å². The minimum absolute atomic E-state index is 0.253. The van der Waals surface area contributed by atoms with Crippen LogP contribution in [0.25, 0.3) is 0 Å². The number of hydrogen-bond acceptors (Lipinski definition) is 3. The molecule has 0 rings (SSSR count). The molecule has 0 saturated heterocycles. The lowest BCUT2D eigenvalue weighted by molar-refractivity contribution is -0.152. The molecule has 0 bridgehead atoms. The molecule has 3 nitrogen and oxygen atoms in total. The lowest BCUT2D eigenvalue weighted by Gasteiger charge is -2.25. The number of nitrogens with zero attached hydrogens (tertiary/aromatic N) is 1. The summed E-state index contributed by atoms with van der Waals surface area (Å²) in [6.07, 6.45) is 5.26. The maximum absolute atomic E-state index is 10.9. The van der Waals surface area contributed by atoms with Crippen LogP contribution in [0.3, 0.4) is 0 Å². The minimum atomic E-state index is -0.503. The monoisotopic (exact) mass is 241 g/mol. The number of hydrogen-bond donors (Lipinski definition) is 0. The van der Waals surface area contributed by atoms with Gasteiger partial charge in [0.2, 0.25) is 0 Å². The zero-order valence-electron chi connectivity index (χ0n) is 12.2. The first-order chi connectivity index (χ1) is 7.74. The third kappa shape index (κ3) is 7.14. The van der Waals surface area contributed by atoms with Gasteiger partial charge < -0.3 is 4.74 Å². The van der Waals surface area contributed by atoms with Gasteiger partial charge in [-0.3, -0.25) is 9.79 Å². The number of ether oxygens (including phenoxy) is 1. The molecule has 0 aliphatic carbocycles. The van der Waals surface area contributed by atoms with Gasteiger partial charge in [0.05, 0.1) is 6.54 Å². The van der Waals surface area contributed by atoms with Crippen LogP contribution >= 0.6 is 0 Å². The predicted octanol–water partition coefficient (Wildman–Crippen LogP) is 3.62. The lowest BCUT2D eigenvalue weighted by atomic mass is 9.82. The van der Waals surface area contributed by atoms with E-state index in [2.05, 4.69) is 25.8 Å². The highest BCUT2D eigenvalue weighted by Gasteiger charge is 2.21. The van der Waals surface area contributed by atoms with Gasteiger partial charge in [-0.2, -0.15) is 0 Å². The van der Waals surface area contributed by atoms with Crippen LogP contribution in [-0.2, 0) is 9.53 Å². The second-order valence-corrected chi connectivity index (χ2v) is 5.60. The maximum Gasteiger partial charge on any atom is 0.303 e. The van der Waals surface area contributed by atoms with E-state index in [1.807, 2.05) is 20.1 Å². The summed E-state index contributed by atoms with van der Waals surface area (Å²) in [7, 11) is 0. The molecule has 0 aliphatic rings. The van der Waals surface area contributed by atoms with Gasteiger partial charge in [-0.15, -0.1) is 0 Å². The molecule has 0 spiro atoms. The Morgan fingerprint density at radius 1 is 1.24 bits per heavy atom. The van der Waals surface area contributed by atoms with Crippen molar-refractivity contribution in [3.8, 4) is 0 Å². The van der Waals surface area contributed by atoms with Gasteiger partial charge in [-0.05, 0) is 31.9 Å². The van der Waals surface area contributed by atoms with Gasteiger partial charge in [0.25, 0.3) is 0 Å². The van der Waals surface area contributed by atoms with Gasteiger partial charge in [0, 0.05) is 6.92 Å². The normalized spacial score (nSPS) is 13.1. The van der Waals surface area contributed by atoms with E-state index in [1.54, 1.807) is 0 Å². The first-order valence-corrected chi connectivity index (χ1v) is 6.42. The molecular formula is C14H27NO2. The Bertz CT molecular complexity index is 265. The van der Waals surface area contributed by atoms with Gasteiger partial charge >= 0.3 is 5.97 Å². The zero-order chi connectivity index (χ0) is 13.5. The highest BCUT2D eigenvalue weighted by atomic mass is 16.6. The fourth-order valence-corrected chi connectivity index (χ4v) is 1.53. The average molecular weight is 241 g/mol. The van der Waals surface area contributed by atoms with Crippen LogP contribution in [0.2, 0.25) is 0 Å². The van der Waals surface area contributed by atoms with E-state index >= 15 is 0 Å². The molecule has 0 fully saturated rings. The highest BCUT2D eigenvalue weighted by Crippen LogP contribution is 2.28. The molecule has 100 valence electrons. The van der Waals surface area contributed by atoms with Crippen molar-refractivity contribution in [3.05, 3.63) is 0 Å². The standard InChI is InChI=1S/C14H27NO2/c1-7-14(6,8-2)9-10-15-11-13(4,5)17-12(3)16/h10H,7-9,11H2,1-6H3/b15-10+. The topological polar surface area (TPSA) is 38.7 Å². The fourth-order valence-electron chi connectivity index (χ4n) is 1.53. The molecule has 0 aliphatic heterocycles. The van der Waals surface area contributed by atoms with Crippen LogP contribution < -0.4 is 0 Å². The quantitative estimate of drug-likeness (QED) is 0.504. The molecule has 0 N–H and O–H groups in total. The molecule has 0 saturated carbocycles. The Labute approximate surface area is 106 Å². The van der Waals surface area contributed by atoms with Crippen molar-refractivity contribution in [2.24, 2.45) is 10.4 Å². The van der Waals surface area contributed by atoms with Crippen molar-refractivity contribution in [2.45, 2.75) is 66.4 Å². The zero-order valence-corrected chi connectivity index (χ0v) is 12.2. The molecular weight excluding hydrogens is 214 g/mol. The van der Waals surface area contributed by atoms with E-state index in [4.69, 9.17) is 4.74 Å². The summed E-state index contributed by atoms with van der Waals surface area (Å²) in [5.41, 5.74) is -0.160. The maximum atomic E-state index is 10.9. The van der Waals surface area contributed by atoms with Gasteiger partial charge in [-0.25, -0.2) is 0 Å². The Morgan fingerprint density at radius 3 is 2.18 bits per heavy atom. The average Bonchev–Trinajstić information content (AvgIpc) is 2.22. The molecule has 0 amide bonds. The van der Waals surface area contributed by atoms with Crippen molar-refractivity contribution >= 4 is 12.2 Å². The van der Waals surface area contributed by atoms with Crippen molar-refractivity contribution in [3.63, 3.8) is 0 Å². The lowest BCUT2D eigenvalue weighted by Crippen LogP contribution is -2.30. The summed E-state index contributed by atoms with van der Waals surface area (Å²) in [6.45, 7) is 12.4. The molecule has 0 aromatic rings. The Morgan fingerprint density at radius 2 is 1.76 bits per heavy atom. The molecule has 0 aromatic carbocycles. The van der Waals surface area contributed by atoms with Crippen molar-refractivity contribution < 1.29 is 9.53 Å². The second-order valence-electron chi connectivity index (χ2n) is 5.60.